The molecular formula is C47H34N2. The number of nitrogens with zero attached hydrogens (tertiary/aromatic N) is 2. The van der Waals surface area contributed by atoms with Crippen LogP contribution in [0.1, 0.15) is 33.2 Å². The summed E-state index contributed by atoms with van der Waals surface area (Å²) in [6, 6.07) is 29.1. The first kappa shape index (κ1) is 17.2. The molecule has 2 heteroatoms. The number of rotatable bonds is 6. The van der Waals surface area contributed by atoms with Gasteiger partial charge in [0.15, 0.2) is 0 Å². The summed E-state index contributed by atoms with van der Waals surface area (Å²) in [6.07, 6.45) is -2.79. The quantitative estimate of drug-likeness (QED) is 0.165. The molecule has 8 aromatic carbocycles. The van der Waals surface area contributed by atoms with E-state index < -0.39 is 73.6 Å². The maximum Gasteiger partial charge on any atom is 0.114 e. The molecule has 0 bridgehead atoms. The summed E-state index contributed by atoms with van der Waals surface area (Å²) in [7, 11) is 0. The van der Waals surface area contributed by atoms with Crippen molar-refractivity contribution in [1.29, 1.82) is 0 Å². The van der Waals surface area contributed by atoms with E-state index in [9.17, 15) is 0 Å². The van der Waals surface area contributed by atoms with Gasteiger partial charge < -0.3 is 0 Å². The van der Waals surface area contributed by atoms with E-state index in [0.717, 1.165) is 5.56 Å². The first-order valence-corrected chi connectivity index (χ1v) is 15.7. The van der Waals surface area contributed by atoms with Crippen LogP contribution in [0.2, 0.25) is 0 Å². The van der Waals surface area contributed by atoms with Gasteiger partial charge in [0.25, 0.3) is 0 Å². The van der Waals surface area contributed by atoms with Crippen molar-refractivity contribution in [2.75, 3.05) is 0 Å². The maximum absolute atomic E-state index is 9.06. The summed E-state index contributed by atoms with van der Waals surface area (Å²) in [5.74, 6) is -0.263. The van der Waals surface area contributed by atoms with E-state index in [4.69, 9.17) is 20.6 Å². The normalized spacial score (nSPS) is 16.4. The molecule has 0 fully saturated rings. The monoisotopic (exact) mass is 641 g/mol. The standard InChI is InChI=1S/C47H34N2/c1-2-45-48-43-25-11-12-26-44(43)49(45)38-22-14-21-36(30-38)34-19-13-20-35(29-34)37-27-28-41-42(31-37)47(33-17-7-4-8-18-33)40-24-10-9-23-39(40)46(41)32-15-5-3-6-16-32/h3-31H,2H2,1H3/i1D3,2D2,3D,4D,5D,6D,7D,8D,15D,16D,17D,18D. The number of hydrogen-bond acceptors (Lipinski definition) is 1. The lowest BCUT2D eigenvalue weighted by Gasteiger charge is -2.19. The molecule has 0 saturated carbocycles. The van der Waals surface area contributed by atoms with E-state index in [1.807, 2.05) is 48.5 Å². The molecule has 0 atom stereocenters. The highest BCUT2D eigenvalue weighted by Gasteiger charge is 2.18. The van der Waals surface area contributed by atoms with Gasteiger partial charge in [-0.2, -0.15) is 0 Å². The Labute approximate surface area is 307 Å². The lowest BCUT2D eigenvalue weighted by Crippen LogP contribution is -2.00. The summed E-state index contributed by atoms with van der Waals surface area (Å²) in [4.78, 5) is 4.45. The molecule has 49 heavy (non-hydrogen) atoms. The van der Waals surface area contributed by atoms with Crippen LogP contribution < -0.4 is 0 Å². The number of para-hydroxylation sites is 2. The number of imidazole rings is 1. The fraction of sp³-hybridized carbons (Fsp3) is 0.0426. The SMILES string of the molecule is [2H]c1c([2H])c([2H])c(-c2c3ccccc3c(-c3c([2H])c([2H])c([2H])c([2H])c3[2H])c3cc(-c4cccc(-c5cccc(-n6c(C([2H])([2H])C([2H])([2H])[2H])nc7ccccc76)c5)c4)ccc23)c([2H])c1[2H]. The third-order valence-corrected chi connectivity index (χ3v) is 8.83. The number of fused-ring (bicyclic) bond motifs is 3. The van der Waals surface area contributed by atoms with Crippen LogP contribution >= 0.6 is 0 Å². The number of hydrogen-bond donors (Lipinski definition) is 0. The van der Waals surface area contributed by atoms with Crippen molar-refractivity contribution < 1.29 is 20.6 Å². The highest BCUT2D eigenvalue weighted by Crippen LogP contribution is 2.45. The molecule has 2 nitrogen and oxygen atoms in total. The number of aromatic nitrogens is 2. The lowest BCUT2D eigenvalue weighted by molar-refractivity contribution is 0.908. The largest absolute Gasteiger partial charge is 0.296 e. The zero-order chi connectivity index (χ0) is 45.7. The molecule has 1 aromatic heterocycles. The number of aryl methyl sites for hydroxylation is 1. The van der Waals surface area contributed by atoms with Gasteiger partial charge in [0.05, 0.1) is 24.7 Å². The second-order valence-electron chi connectivity index (χ2n) is 11.6. The molecule has 0 amide bonds. The van der Waals surface area contributed by atoms with E-state index in [-0.39, 0.29) is 17.0 Å². The van der Waals surface area contributed by atoms with Gasteiger partial charge in [-0.25, -0.2) is 4.98 Å². The molecule has 0 radical (unpaired) electrons. The fourth-order valence-corrected chi connectivity index (χ4v) is 6.72. The average molecular weight is 642 g/mol. The van der Waals surface area contributed by atoms with E-state index in [0.29, 0.717) is 66.1 Å². The predicted molar refractivity (Wildman–Crippen MR) is 207 cm³/mol. The zero-order valence-corrected chi connectivity index (χ0v) is 25.9. The van der Waals surface area contributed by atoms with Crippen LogP contribution in [-0.4, -0.2) is 9.55 Å². The van der Waals surface area contributed by atoms with Crippen molar-refractivity contribution >= 4 is 32.6 Å². The predicted octanol–water partition coefficient (Wildman–Crippen LogP) is 12.6. The van der Waals surface area contributed by atoms with Gasteiger partial charge in [-0.15, -0.1) is 0 Å². The highest BCUT2D eigenvalue weighted by molar-refractivity contribution is 6.22. The molecule has 0 unspecified atom stereocenters. The molecule has 0 saturated heterocycles. The van der Waals surface area contributed by atoms with Crippen LogP contribution in [0.4, 0.5) is 0 Å². The van der Waals surface area contributed by atoms with Gasteiger partial charge in [-0.1, -0.05) is 146 Å². The molecule has 232 valence electrons. The van der Waals surface area contributed by atoms with E-state index in [1.54, 1.807) is 66.7 Å². The Kier molecular flexibility index (Phi) is 4.25. The topological polar surface area (TPSA) is 17.8 Å². The molecule has 1 heterocycles. The summed E-state index contributed by atoms with van der Waals surface area (Å²) in [5, 5.41) is 1.72. The molecule has 0 N–H and O–H groups in total. The van der Waals surface area contributed by atoms with Crippen LogP contribution in [0.3, 0.4) is 0 Å². The second-order valence-corrected chi connectivity index (χ2v) is 11.6. The summed E-state index contributed by atoms with van der Waals surface area (Å²) < 4.78 is 130. The molecule has 0 aliphatic heterocycles. The molecule has 9 aromatic rings. The van der Waals surface area contributed by atoms with Gasteiger partial charge in [0.2, 0.25) is 0 Å². The van der Waals surface area contributed by atoms with Crippen LogP contribution in [0.5, 0.6) is 0 Å². The summed E-state index contributed by atoms with van der Waals surface area (Å²) in [5.41, 5.74) is 4.79. The molecule has 9 rings (SSSR count). The van der Waals surface area contributed by atoms with Crippen LogP contribution in [0.25, 0.3) is 82.8 Å². The van der Waals surface area contributed by atoms with Crippen LogP contribution in [0, 0.1) is 0 Å². The van der Waals surface area contributed by atoms with Gasteiger partial charge in [-0.3, -0.25) is 4.57 Å². The minimum absolute atomic E-state index is 0.0461. The summed E-state index contributed by atoms with van der Waals surface area (Å²) in [6.45, 7) is -3.01. The first-order valence-electron chi connectivity index (χ1n) is 23.2. The Hall–Kier alpha value is -6.25. The molecule has 0 aliphatic carbocycles. The van der Waals surface area contributed by atoms with Crippen molar-refractivity contribution in [2.24, 2.45) is 0 Å². The van der Waals surface area contributed by atoms with E-state index >= 15 is 0 Å². The highest BCUT2D eigenvalue weighted by atomic mass is 15.1. The van der Waals surface area contributed by atoms with Crippen molar-refractivity contribution in [2.45, 2.75) is 13.2 Å². The van der Waals surface area contributed by atoms with Gasteiger partial charge >= 0.3 is 0 Å². The molecular weight excluding hydrogens is 593 g/mol. The smallest absolute Gasteiger partial charge is 0.114 e. The van der Waals surface area contributed by atoms with Gasteiger partial charge in [0.1, 0.15) is 5.82 Å². The van der Waals surface area contributed by atoms with E-state index in [2.05, 4.69) is 4.98 Å². The number of benzene rings is 8. The van der Waals surface area contributed by atoms with Crippen molar-refractivity contribution in [3.63, 3.8) is 0 Å². The third-order valence-electron chi connectivity index (χ3n) is 8.83. The molecule has 0 aliphatic rings. The van der Waals surface area contributed by atoms with Gasteiger partial charge in [-0.05, 0) is 102 Å². The van der Waals surface area contributed by atoms with E-state index in [1.165, 1.54) is 4.57 Å². The fourth-order valence-electron chi connectivity index (χ4n) is 6.72. The Balaban J connectivity index is 1.29. The van der Waals surface area contributed by atoms with Crippen molar-refractivity contribution in [1.82, 2.24) is 9.55 Å². The maximum atomic E-state index is 9.06. The Morgan fingerprint density at radius 3 is 1.80 bits per heavy atom. The summed E-state index contributed by atoms with van der Waals surface area (Å²) >= 11 is 0. The van der Waals surface area contributed by atoms with Gasteiger partial charge in [0, 0.05) is 18.9 Å². The minimum atomic E-state index is -3.01. The van der Waals surface area contributed by atoms with Crippen molar-refractivity contribution in [3.05, 3.63) is 182 Å². The first-order chi connectivity index (χ1) is 30.3. The Morgan fingerprint density at radius 1 is 0.531 bits per heavy atom. The van der Waals surface area contributed by atoms with Crippen molar-refractivity contribution in [3.8, 4) is 50.2 Å². The Bertz CT molecular complexity index is 3370. The molecule has 0 spiro atoms. The third kappa shape index (κ3) is 5.01. The second kappa shape index (κ2) is 12.1. The Morgan fingerprint density at radius 2 is 1.10 bits per heavy atom. The minimum Gasteiger partial charge on any atom is -0.296 e. The average Bonchev–Trinajstić information content (AvgIpc) is 3.70. The lowest BCUT2D eigenvalue weighted by atomic mass is 9.85. The van der Waals surface area contributed by atoms with Crippen LogP contribution in [0.15, 0.2) is 176 Å². The van der Waals surface area contributed by atoms with Crippen LogP contribution in [-0.2, 0) is 6.37 Å². The zero-order valence-electron chi connectivity index (χ0n) is 40.9.